The number of thioether (sulfide) groups is 1. The highest BCUT2D eigenvalue weighted by Crippen LogP contribution is 2.31. The molecule has 1 aliphatic heterocycles. The summed E-state index contributed by atoms with van der Waals surface area (Å²) in [4.78, 5) is 25.1. The average Bonchev–Trinajstić information content (AvgIpc) is 2.96. The molecule has 1 fully saturated rings. The number of para-hydroxylation sites is 1. The van der Waals surface area contributed by atoms with Gasteiger partial charge in [0.05, 0.1) is 4.91 Å². The first-order valence-corrected chi connectivity index (χ1v) is 7.35. The van der Waals surface area contributed by atoms with E-state index in [4.69, 9.17) is 0 Å². The van der Waals surface area contributed by atoms with Crippen molar-refractivity contribution in [2.75, 3.05) is 7.05 Å². The molecule has 0 radical (unpaired) electrons. The normalized spacial score (nSPS) is 17.0. The second kappa shape index (κ2) is 5.26. The topological polar surface area (TPSA) is 42.3 Å². The maximum absolute atomic E-state index is 12.0. The second-order valence-electron chi connectivity index (χ2n) is 4.81. The van der Waals surface area contributed by atoms with E-state index in [2.05, 4.69) is 4.57 Å². The van der Waals surface area contributed by atoms with Crippen molar-refractivity contribution in [1.82, 2.24) is 9.47 Å². The number of likely N-dealkylation sites (N-methyl/N-ethyl adjacent to an activating group) is 1. The molecule has 106 valence electrons. The van der Waals surface area contributed by atoms with Crippen LogP contribution in [0.4, 0.5) is 4.79 Å². The fraction of sp³-hybridized carbons (Fsp3) is 0.125. The van der Waals surface area contributed by atoms with E-state index in [0.717, 1.165) is 33.7 Å². The van der Waals surface area contributed by atoms with E-state index in [-0.39, 0.29) is 11.1 Å². The average molecular weight is 298 g/mol. The van der Waals surface area contributed by atoms with Crippen LogP contribution in [0.1, 0.15) is 11.4 Å². The van der Waals surface area contributed by atoms with Crippen molar-refractivity contribution < 1.29 is 9.59 Å². The first-order valence-electron chi connectivity index (χ1n) is 6.53. The van der Waals surface area contributed by atoms with Crippen molar-refractivity contribution in [1.29, 1.82) is 0 Å². The van der Waals surface area contributed by atoms with Gasteiger partial charge in [-0.15, -0.1) is 0 Å². The number of hydrogen-bond donors (Lipinski definition) is 0. The Morgan fingerprint density at radius 2 is 1.76 bits per heavy atom. The number of nitrogens with zero attached hydrogens (tertiary/aromatic N) is 2. The second-order valence-corrected chi connectivity index (χ2v) is 5.80. The minimum Gasteiger partial charge on any atom is -0.314 e. The van der Waals surface area contributed by atoms with E-state index >= 15 is 0 Å². The molecule has 21 heavy (non-hydrogen) atoms. The highest BCUT2D eigenvalue weighted by atomic mass is 32.2. The Labute approximate surface area is 127 Å². The van der Waals surface area contributed by atoms with Gasteiger partial charge in [-0.25, -0.2) is 0 Å². The molecule has 0 spiro atoms. The van der Waals surface area contributed by atoms with Crippen LogP contribution in [-0.4, -0.2) is 27.7 Å². The Bertz CT molecular complexity index is 747. The Morgan fingerprint density at radius 3 is 2.38 bits per heavy atom. The summed E-state index contributed by atoms with van der Waals surface area (Å²) < 4.78 is 2.06. The van der Waals surface area contributed by atoms with Gasteiger partial charge in [0.15, 0.2) is 0 Å². The van der Waals surface area contributed by atoms with Gasteiger partial charge in [0.1, 0.15) is 0 Å². The van der Waals surface area contributed by atoms with E-state index in [9.17, 15) is 9.59 Å². The van der Waals surface area contributed by atoms with Gasteiger partial charge in [0.25, 0.3) is 11.1 Å². The van der Waals surface area contributed by atoms with E-state index in [0.29, 0.717) is 4.91 Å². The zero-order valence-corrected chi connectivity index (χ0v) is 12.6. The lowest BCUT2D eigenvalue weighted by molar-refractivity contribution is -0.121. The smallest absolute Gasteiger partial charge is 0.293 e. The quantitative estimate of drug-likeness (QED) is 0.797. The molecule has 0 N–H and O–H groups in total. The zero-order chi connectivity index (χ0) is 15.0. The molecule has 2 amide bonds. The number of carbonyl (C=O) groups is 2. The number of imide groups is 1. The lowest BCUT2D eigenvalue weighted by atomic mass is 10.3. The molecule has 2 aromatic rings. The summed E-state index contributed by atoms with van der Waals surface area (Å²) in [5, 5.41) is -0.235. The molecule has 1 aromatic carbocycles. The summed E-state index contributed by atoms with van der Waals surface area (Å²) in [6, 6.07) is 13.9. The summed E-state index contributed by atoms with van der Waals surface area (Å²) in [6.07, 6.45) is 1.77. The van der Waals surface area contributed by atoms with Crippen LogP contribution < -0.4 is 0 Å². The first kappa shape index (κ1) is 13.7. The largest absolute Gasteiger partial charge is 0.314 e. The van der Waals surface area contributed by atoms with Crippen LogP contribution >= 0.6 is 11.8 Å². The molecule has 4 nitrogen and oxygen atoms in total. The maximum Gasteiger partial charge on any atom is 0.293 e. The van der Waals surface area contributed by atoms with E-state index in [1.54, 1.807) is 6.08 Å². The summed E-state index contributed by atoms with van der Waals surface area (Å²) in [6.45, 7) is 2.01. The molecule has 0 aliphatic carbocycles. The van der Waals surface area contributed by atoms with Crippen LogP contribution in [0.3, 0.4) is 0 Å². The number of amides is 2. The number of aryl methyl sites for hydroxylation is 1. The van der Waals surface area contributed by atoms with Crippen LogP contribution in [0.5, 0.6) is 0 Å². The van der Waals surface area contributed by atoms with Gasteiger partial charge in [-0.2, -0.15) is 0 Å². The molecule has 1 aliphatic rings. The molecule has 2 heterocycles. The van der Waals surface area contributed by atoms with Crippen molar-refractivity contribution in [2.45, 2.75) is 6.92 Å². The third-order valence-electron chi connectivity index (χ3n) is 3.39. The molecule has 0 bridgehead atoms. The fourth-order valence-electron chi connectivity index (χ4n) is 2.28. The minimum absolute atomic E-state index is 0.235. The van der Waals surface area contributed by atoms with Crippen molar-refractivity contribution in [3.05, 3.63) is 58.8 Å². The van der Waals surface area contributed by atoms with Crippen LogP contribution in [0.15, 0.2) is 47.4 Å². The Kier molecular flexibility index (Phi) is 3.43. The van der Waals surface area contributed by atoms with Gasteiger partial charge in [-0.3, -0.25) is 14.5 Å². The number of hydrogen-bond acceptors (Lipinski definition) is 3. The first-order chi connectivity index (χ1) is 10.1. The number of rotatable bonds is 2. The molecule has 0 atom stereocenters. The van der Waals surface area contributed by atoms with Gasteiger partial charge in [-0.1, -0.05) is 18.2 Å². The molecule has 3 rings (SSSR count). The number of benzene rings is 1. The number of carbonyl (C=O) groups excluding carboxylic acids is 2. The third kappa shape index (κ3) is 2.40. The highest BCUT2D eigenvalue weighted by molar-refractivity contribution is 8.18. The van der Waals surface area contributed by atoms with E-state index in [1.807, 2.05) is 49.4 Å². The predicted octanol–water partition coefficient (Wildman–Crippen LogP) is 3.45. The molecule has 0 unspecified atom stereocenters. The number of aromatic nitrogens is 1. The molecule has 0 saturated carbocycles. The molecular weight excluding hydrogens is 284 g/mol. The molecular formula is C16H14N2O2S. The maximum atomic E-state index is 12.0. The van der Waals surface area contributed by atoms with Gasteiger partial charge >= 0.3 is 0 Å². The molecule has 5 heteroatoms. The minimum atomic E-state index is -0.247. The highest BCUT2D eigenvalue weighted by Gasteiger charge is 2.32. The standard InChI is InChI=1S/C16H14N2O2S/c1-11-8-9-13(18(11)12-6-4-3-5-7-12)10-14-15(19)17(2)16(20)21-14/h3-10H,1-2H3/b14-10+. The van der Waals surface area contributed by atoms with Gasteiger partial charge in [0, 0.05) is 24.1 Å². The SMILES string of the molecule is Cc1ccc(/C=C2/SC(=O)N(C)C2=O)n1-c1ccccc1. The monoisotopic (exact) mass is 298 g/mol. The fourth-order valence-corrected chi connectivity index (χ4v) is 3.09. The van der Waals surface area contributed by atoms with E-state index in [1.165, 1.54) is 7.05 Å². The molecule has 1 saturated heterocycles. The van der Waals surface area contributed by atoms with Gasteiger partial charge in [0.2, 0.25) is 0 Å². The van der Waals surface area contributed by atoms with Crippen molar-refractivity contribution in [3.63, 3.8) is 0 Å². The predicted molar refractivity (Wildman–Crippen MR) is 84.2 cm³/mol. The van der Waals surface area contributed by atoms with Crippen molar-refractivity contribution >= 4 is 29.0 Å². The molecule has 1 aromatic heterocycles. The summed E-state index contributed by atoms with van der Waals surface area (Å²) in [5.41, 5.74) is 2.99. The van der Waals surface area contributed by atoms with Gasteiger partial charge in [-0.05, 0) is 49.0 Å². The summed E-state index contributed by atoms with van der Waals surface area (Å²) >= 11 is 0.975. The Morgan fingerprint density at radius 1 is 1.05 bits per heavy atom. The van der Waals surface area contributed by atoms with Crippen LogP contribution in [-0.2, 0) is 4.79 Å². The van der Waals surface area contributed by atoms with E-state index < -0.39 is 0 Å². The van der Waals surface area contributed by atoms with Crippen LogP contribution in [0, 0.1) is 6.92 Å². The lowest BCUT2D eigenvalue weighted by Gasteiger charge is -2.09. The Balaban J connectivity index is 2.06. The lowest BCUT2D eigenvalue weighted by Crippen LogP contribution is -2.22. The summed E-state index contributed by atoms with van der Waals surface area (Å²) in [7, 11) is 1.50. The van der Waals surface area contributed by atoms with Crippen LogP contribution in [0.25, 0.3) is 11.8 Å². The Hall–Kier alpha value is -2.27. The third-order valence-corrected chi connectivity index (χ3v) is 4.35. The van der Waals surface area contributed by atoms with Crippen molar-refractivity contribution in [3.8, 4) is 5.69 Å². The van der Waals surface area contributed by atoms with Crippen molar-refractivity contribution in [2.24, 2.45) is 0 Å². The van der Waals surface area contributed by atoms with Crippen LogP contribution in [0.2, 0.25) is 0 Å². The zero-order valence-electron chi connectivity index (χ0n) is 11.7. The summed E-state index contributed by atoms with van der Waals surface area (Å²) in [5.74, 6) is -0.247. The van der Waals surface area contributed by atoms with Gasteiger partial charge < -0.3 is 4.57 Å².